The fraction of sp³-hybridized carbons (Fsp3) is 0.143. The van der Waals surface area contributed by atoms with Crippen molar-refractivity contribution in [3.63, 3.8) is 0 Å². The number of carbonyl (C=O) groups is 2. The van der Waals surface area contributed by atoms with Crippen LogP contribution in [0.25, 0.3) is 6.08 Å². The SMILES string of the molecule is CNC(=O)C(=CC1=Cc2ccccc2OC1C)NC(=O)c1ccc(Cl)cc1. The number of fused-ring (bicyclic) bond motifs is 1. The normalized spacial score (nSPS) is 15.9. The second-order valence-corrected chi connectivity index (χ2v) is 6.48. The second-order valence-electron chi connectivity index (χ2n) is 6.04. The molecule has 0 aliphatic carbocycles. The van der Waals surface area contributed by atoms with Gasteiger partial charge in [-0.25, -0.2) is 0 Å². The lowest BCUT2D eigenvalue weighted by atomic mass is 10.0. The molecule has 0 spiro atoms. The van der Waals surface area contributed by atoms with E-state index in [1.165, 1.54) is 7.05 Å². The van der Waals surface area contributed by atoms with E-state index in [-0.39, 0.29) is 11.8 Å². The summed E-state index contributed by atoms with van der Waals surface area (Å²) in [5, 5.41) is 5.74. The third kappa shape index (κ3) is 4.38. The van der Waals surface area contributed by atoms with Gasteiger partial charge in [-0.1, -0.05) is 29.8 Å². The molecule has 0 aromatic heterocycles. The van der Waals surface area contributed by atoms with Crippen LogP contribution in [0, 0.1) is 0 Å². The van der Waals surface area contributed by atoms with E-state index in [0.717, 1.165) is 16.9 Å². The summed E-state index contributed by atoms with van der Waals surface area (Å²) in [5.41, 5.74) is 2.24. The van der Waals surface area contributed by atoms with Crippen molar-refractivity contribution in [2.75, 3.05) is 7.05 Å². The maximum atomic E-state index is 12.5. The number of carbonyl (C=O) groups excluding carboxylic acids is 2. The molecule has 5 nitrogen and oxygen atoms in total. The predicted octanol–water partition coefficient (Wildman–Crippen LogP) is 3.56. The van der Waals surface area contributed by atoms with Gasteiger partial charge in [0.05, 0.1) is 0 Å². The highest BCUT2D eigenvalue weighted by molar-refractivity contribution is 6.30. The molecule has 138 valence electrons. The summed E-state index contributed by atoms with van der Waals surface area (Å²) >= 11 is 5.85. The molecule has 1 atom stereocenters. The van der Waals surface area contributed by atoms with E-state index < -0.39 is 11.8 Å². The summed E-state index contributed by atoms with van der Waals surface area (Å²) in [6, 6.07) is 14.1. The summed E-state index contributed by atoms with van der Waals surface area (Å²) < 4.78 is 5.89. The largest absolute Gasteiger partial charge is 0.485 e. The number of rotatable bonds is 4. The van der Waals surface area contributed by atoms with Gasteiger partial charge in [-0.3, -0.25) is 9.59 Å². The van der Waals surface area contributed by atoms with Crippen molar-refractivity contribution >= 4 is 29.5 Å². The van der Waals surface area contributed by atoms with Crippen molar-refractivity contribution in [3.05, 3.63) is 82.0 Å². The van der Waals surface area contributed by atoms with Crippen LogP contribution in [0.2, 0.25) is 5.02 Å². The van der Waals surface area contributed by atoms with Crippen molar-refractivity contribution in [1.29, 1.82) is 0 Å². The van der Waals surface area contributed by atoms with Crippen LogP contribution in [0.3, 0.4) is 0 Å². The first kappa shape index (κ1) is 18.7. The Balaban J connectivity index is 1.90. The predicted molar refractivity (Wildman–Crippen MR) is 106 cm³/mol. The van der Waals surface area contributed by atoms with Gasteiger partial charge in [0.1, 0.15) is 17.6 Å². The number of nitrogens with one attached hydrogen (secondary N) is 2. The molecule has 2 N–H and O–H groups in total. The van der Waals surface area contributed by atoms with Crippen molar-refractivity contribution < 1.29 is 14.3 Å². The van der Waals surface area contributed by atoms with Crippen LogP contribution in [0.15, 0.2) is 65.9 Å². The summed E-state index contributed by atoms with van der Waals surface area (Å²) in [6.07, 6.45) is 3.32. The molecule has 3 rings (SSSR count). The summed E-state index contributed by atoms with van der Waals surface area (Å²) in [6.45, 7) is 1.89. The van der Waals surface area contributed by atoms with Crippen LogP contribution in [-0.2, 0) is 4.79 Å². The maximum absolute atomic E-state index is 12.5. The third-order valence-electron chi connectivity index (χ3n) is 4.15. The van der Waals surface area contributed by atoms with E-state index in [0.29, 0.717) is 10.6 Å². The Morgan fingerprint density at radius 1 is 1.11 bits per heavy atom. The zero-order chi connectivity index (χ0) is 19.4. The van der Waals surface area contributed by atoms with E-state index in [4.69, 9.17) is 16.3 Å². The highest BCUT2D eigenvalue weighted by Crippen LogP contribution is 2.30. The molecule has 0 bridgehead atoms. The van der Waals surface area contributed by atoms with Gasteiger partial charge in [-0.15, -0.1) is 0 Å². The zero-order valence-electron chi connectivity index (χ0n) is 15.0. The van der Waals surface area contributed by atoms with Gasteiger partial charge in [-0.05, 0) is 55.0 Å². The molecule has 0 radical (unpaired) electrons. The van der Waals surface area contributed by atoms with Crippen LogP contribution in [0.1, 0.15) is 22.8 Å². The molecule has 1 aliphatic heterocycles. The van der Waals surface area contributed by atoms with Crippen LogP contribution in [0.5, 0.6) is 5.75 Å². The molecule has 0 saturated carbocycles. The third-order valence-corrected chi connectivity index (χ3v) is 4.40. The highest BCUT2D eigenvalue weighted by atomic mass is 35.5. The summed E-state index contributed by atoms with van der Waals surface area (Å²) in [5.74, 6) is -0.00925. The Bertz CT molecular complexity index is 933. The molecule has 1 aliphatic rings. The van der Waals surface area contributed by atoms with Gasteiger partial charge >= 0.3 is 0 Å². The lowest BCUT2D eigenvalue weighted by molar-refractivity contribution is -0.117. The molecule has 2 amide bonds. The lowest BCUT2D eigenvalue weighted by Gasteiger charge is -2.23. The zero-order valence-corrected chi connectivity index (χ0v) is 15.7. The molecule has 2 aromatic rings. The molecule has 6 heteroatoms. The monoisotopic (exact) mass is 382 g/mol. The average Bonchev–Trinajstić information content (AvgIpc) is 2.67. The van der Waals surface area contributed by atoms with Gasteiger partial charge in [0.15, 0.2) is 0 Å². The number of ether oxygens (including phenoxy) is 1. The first-order valence-corrected chi connectivity index (χ1v) is 8.83. The minimum Gasteiger partial charge on any atom is -0.485 e. The van der Waals surface area contributed by atoms with Gasteiger partial charge in [0.2, 0.25) is 0 Å². The van der Waals surface area contributed by atoms with Crippen LogP contribution in [-0.4, -0.2) is 25.0 Å². The van der Waals surface area contributed by atoms with Crippen molar-refractivity contribution in [1.82, 2.24) is 10.6 Å². The summed E-state index contributed by atoms with van der Waals surface area (Å²) in [7, 11) is 1.51. The quantitative estimate of drug-likeness (QED) is 0.794. The van der Waals surface area contributed by atoms with Crippen molar-refractivity contribution in [2.45, 2.75) is 13.0 Å². The van der Waals surface area contributed by atoms with E-state index >= 15 is 0 Å². The maximum Gasteiger partial charge on any atom is 0.267 e. The van der Waals surface area contributed by atoms with E-state index in [9.17, 15) is 9.59 Å². The smallest absolute Gasteiger partial charge is 0.267 e. The molecular weight excluding hydrogens is 364 g/mol. The molecular formula is C21H19ClN2O3. The Morgan fingerprint density at radius 3 is 2.52 bits per heavy atom. The number of benzene rings is 2. The number of hydrogen-bond acceptors (Lipinski definition) is 3. The molecule has 1 heterocycles. The molecule has 2 aromatic carbocycles. The highest BCUT2D eigenvalue weighted by Gasteiger charge is 2.20. The fourth-order valence-electron chi connectivity index (χ4n) is 2.68. The Hall–Kier alpha value is -3.05. The van der Waals surface area contributed by atoms with Crippen LogP contribution < -0.4 is 15.4 Å². The lowest BCUT2D eigenvalue weighted by Crippen LogP contribution is -2.34. The summed E-state index contributed by atoms with van der Waals surface area (Å²) in [4.78, 5) is 24.8. The van der Waals surface area contributed by atoms with Crippen LogP contribution >= 0.6 is 11.6 Å². The Morgan fingerprint density at radius 2 is 1.81 bits per heavy atom. The number of hydrogen-bond donors (Lipinski definition) is 2. The standard InChI is InChI=1S/C21H19ClN2O3/c1-13-16(11-15-5-3-4-6-19(15)27-13)12-18(21(26)23-2)24-20(25)14-7-9-17(22)10-8-14/h3-13H,1-2H3,(H,23,26)(H,24,25). The Labute approximate surface area is 162 Å². The van der Waals surface area contributed by atoms with E-state index in [1.807, 2.05) is 37.3 Å². The number of para-hydroxylation sites is 1. The van der Waals surface area contributed by atoms with Crippen molar-refractivity contribution in [2.24, 2.45) is 0 Å². The van der Waals surface area contributed by atoms with E-state index in [1.54, 1.807) is 30.3 Å². The molecule has 27 heavy (non-hydrogen) atoms. The fourth-order valence-corrected chi connectivity index (χ4v) is 2.80. The average molecular weight is 383 g/mol. The molecule has 0 fully saturated rings. The van der Waals surface area contributed by atoms with Crippen molar-refractivity contribution in [3.8, 4) is 5.75 Å². The Kier molecular flexibility index (Phi) is 5.62. The van der Waals surface area contributed by atoms with Gasteiger partial charge in [0.25, 0.3) is 11.8 Å². The molecule has 0 saturated heterocycles. The second kappa shape index (κ2) is 8.10. The number of halogens is 1. The van der Waals surface area contributed by atoms with Gasteiger partial charge in [0, 0.05) is 23.2 Å². The minimum atomic E-state index is -0.399. The van der Waals surface area contributed by atoms with E-state index in [2.05, 4.69) is 10.6 Å². The minimum absolute atomic E-state index is 0.138. The first-order valence-electron chi connectivity index (χ1n) is 8.46. The first-order chi connectivity index (χ1) is 13.0. The molecule has 1 unspecified atom stereocenters. The number of amides is 2. The van der Waals surface area contributed by atoms with Crippen LogP contribution in [0.4, 0.5) is 0 Å². The van der Waals surface area contributed by atoms with Gasteiger partial charge in [-0.2, -0.15) is 0 Å². The number of likely N-dealkylation sites (N-methyl/N-ethyl adjacent to an activating group) is 1. The topological polar surface area (TPSA) is 67.4 Å². The van der Waals surface area contributed by atoms with Gasteiger partial charge < -0.3 is 15.4 Å².